The first kappa shape index (κ1) is 50.6. The van der Waals surface area contributed by atoms with Crippen LogP contribution in [0.25, 0.3) is 0 Å². The molecule has 0 aliphatic rings. The highest BCUT2D eigenvalue weighted by Gasteiger charge is 3.00. The van der Waals surface area contributed by atoms with E-state index in [0.717, 1.165) is 0 Å². The largest absolute Gasteiger partial charge is 0.550 e. The predicted octanol–water partition coefficient (Wildman–Crippen LogP) is 6.36. The number of alkyl halides is 25. The van der Waals surface area contributed by atoms with Gasteiger partial charge in [-0.1, -0.05) is 0 Å². The number of carboxylic acid groups (broad SMARTS) is 1. The molecule has 0 aromatic carbocycles. The molecule has 0 atom stereocenters. The molecule has 0 aromatic heterocycles. The number of sulfonamides is 1. The van der Waals surface area contributed by atoms with Crippen molar-refractivity contribution in [1.29, 1.82) is 0 Å². The molecule has 0 aliphatic carbocycles. The maximum absolute atomic E-state index is 14.6. The zero-order valence-corrected chi connectivity index (χ0v) is 26.2. The molecule has 0 unspecified atom stereocenters. The van der Waals surface area contributed by atoms with E-state index in [4.69, 9.17) is 0 Å². The van der Waals surface area contributed by atoms with Gasteiger partial charge in [0.15, 0.2) is 0 Å². The highest BCUT2D eigenvalue weighted by atomic mass is 32.2. The highest BCUT2D eigenvalue weighted by Crippen LogP contribution is 2.68. The van der Waals surface area contributed by atoms with Crippen molar-refractivity contribution in [3.8, 4) is 0 Å². The van der Waals surface area contributed by atoms with Gasteiger partial charge in [-0.05, 0) is 0 Å². The van der Waals surface area contributed by atoms with Crippen molar-refractivity contribution in [3.05, 3.63) is 0 Å². The summed E-state index contributed by atoms with van der Waals surface area (Å²) in [6.45, 7) is -4.16. The molecule has 318 valence electrons. The van der Waals surface area contributed by atoms with Crippen LogP contribution in [0.1, 0.15) is 12.8 Å². The number of aliphatic carboxylic acids is 1. The highest BCUT2D eigenvalue weighted by molar-refractivity contribution is 7.90. The van der Waals surface area contributed by atoms with Gasteiger partial charge < -0.3 is 14.4 Å². The molecule has 53 heavy (non-hydrogen) atoms. The molecule has 0 heterocycles. The third kappa shape index (κ3) is 7.35. The number of rotatable bonds is 19. The van der Waals surface area contributed by atoms with Crippen molar-refractivity contribution in [2.24, 2.45) is 0 Å². The van der Waals surface area contributed by atoms with E-state index >= 15 is 0 Å². The molecule has 0 spiro atoms. The van der Waals surface area contributed by atoms with Crippen LogP contribution < -0.4 is 5.11 Å². The number of carboxylic acids is 1. The van der Waals surface area contributed by atoms with Gasteiger partial charge in [-0.25, -0.2) is 8.42 Å². The van der Waals surface area contributed by atoms with Gasteiger partial charge in [-0.2, -0.15) is 114 Å². The number of nitrogens with zero attached hydrogens (tertiary/aromatic N) is 2. The normalized spacial score (nSPS) is 16.4. The minimum Gasteiger partial charge on any atom is -0.550 e. The molecular formula is C21H19F25N2O4S. The fourth-order valence-corrected chi connectivity index (χ4v) is 5.03. The Hall–Kier alpha value is -2.41. The fraction of sp³-hybridized carbons (Fsp3) is 0.952. The molecule has 0 aliphatic heterocycles. The van der Waals surface area contributed by atoms with Crippen molar-refractivity contribution in [1.82, 2.24) is 4.31 Å². The number of carbonyl (C=O) groups excluding carboxylic acids is 1. The van der Waals surface area contributed by atoms with Gasteiger partial charge in [0.2, 0.25) is 0 Å². The number of halogens is 25. The van der Waals surface area contributed by atoms with Crippen LogP contribution in [0.15, 0.2) is 0 Å². The predicted molar refractivity (Wildman–Crippen MR) is 118 cm³/mol. The lowest BCUT2D eigenvalue weighted by Gasteiger charge is -2.45. The van der Waals surface area contributed by atoms with E-state index in [9.17, 15) is 128 Å². The van der Waals surface area contributed by atoms with Gasteiger partial charge in [0.05, 0.1) is 27.7 Å². The van der Waals surface area contributed by atoms with Gasteiger partial charge in [0, 0.05) is 31.9 Å². The molecule has 0 saturated carbocycles. The first-order valence-corrected chi connectivity index (χ1v) is 14.2. The lowest BCUT2D eigenvalue weighted by Crippen LogP contribution is -2.78. The van der Waals surface area contributed by atoms with E-state index in [1.165, 1.54) is 21.1 Å². The second-order valence-electron chi connectivity index (χ2n) is 11.7. The van der Waals surface area contributed by atoms with Gasteiger partial charge in [0.25, 0.3) is 10.0 Å². The van der Waals surface area contributed by atoms with Crippen LogP contribution in [0.5, 0.6) is 0 Å². The summed E-state index contributed by atoms with van der Waals surface area (Å²) in [6, 6.07) is 0. The summed E-state index contributed by atoms with van der Waals surface area (Å²) in [4.78, 5) is 10.6. The fourth-order valence-electron chi connectivity index (χ4n) is 3.55. The van der Waals surface area contributed by atoms with Gasteiger partial charge in [0.1, 0.15) is 0 Å². The Morgan fingerprint density at radius 2 is 0.755 bits per heavy atom. The van der Waals surface area contributed by atoms with Crippen LogP contribution in [-0.2, 0) is 14.8 Å². The first-order valence-electron chi connectivity index (χ1n) is 12.7. The molecule has 0 fully saturated rings. The van der Waals surface area contributed by atoms with E-state index in [0.29, 0.717) is 0 Å². The summed E-state index contributed by atoms with van der Waals surface area (Å²) in [5.74, 6) is -96.8. The average molecular weight is 870 g/mol. The Balaban J connectivity index is 7.51. The van der Waals surface area contributed by atoms with Gasteiger partial charge >= 0.3 is 70.7 Å². The molecule has 0 bridgehead atoms. The summed E-state index contributed by atoms with van der Waals surface area (Å²) < 4.78 is 366. The minimum absolute atomic E-state index is 0.299. The summed E-state index contributed by atoms with van der Waals surface area (Å²) in [6.07, 6.45) is -11.0. The number of carbonyl (C=O) groups is 1. The van der Waals surface area contributed by atoms with Crippen LogP contribution in [0.4, 0.5) is 110 Å². The molecule has 0 N–H and O–H groups in total. The number of hydrogen-bond donors (Lipinski definition) is 0. The summed E-state index contributed by atoms with van der Waals surface area (Å²) >= 11 is 0. The van der Waals surface area contributed by atoms with Crippen LogP contribution in [0.3, 0.4) is 0 Å². The molecule has 0 saturated heterocycles. The van der Waals surface area contributed by atoms with Crippen molar-refractivity contribution >= 4 is 16.0 Å². The second-order valence-corrected chi connectivity index (χ2v) is 13.6. The quantitative estimate of drug-likeness (QED) is 0.112. The van der Waals surface area contributed by atoms with Crippen LogP contribution in [0.2, 0.25) is 0 Å². The topological polar surface area (TPSA) is 77.5 Å². The first-order chi connectivity index (χ1) is 22.5. The standard InChI is InChI=1S/C21H19F25N2O4S/c1-48(2,3)8-4-6-47(7-5-9(49)50)53(51,52)21(45,46)19(40,41)17(36,37)15(32,33)13(28,29)11(24,25)10(22,23)12(26,27)14(30,31)16(34,35)18(38,39)20(42,43)44/h4-8H2,1-3H3. The van der Waals surface area contributed by atoms with Crippen molar-refractivity contribution < 1.29 is 133 Å². The molecule has 32 heteroatoms. The molecule has 0 amide bonds. The third-order valence-corrected chi connectivity index (χ3v) is 8.69. The van der Waals surface area contributed by atoms with Crippen LogP contribution >= 0.6 is 0 Å². The lowest BCUT2D eigenvalue weighted by atomic mass is 9.85. The summed E-state index contributed by atoms with van der Waals surface area (Å²) in [5.41, 5.74) is 0. The Morgan fingerprint density at radius 1 is 0.491 bits per heavy atom. The van der Waals surface area contributed by atoms with Crippen LogP contribution in [0, 0.1) is 0 Å². The van der Waals surface area contributed by atoms with Crippen molar-refractivity contribution in [2.45, 2.75) is 83.5 Å². The Bertz CT molecular complexity index is 1430. The van der Waals surface area contributed by atoms with E-state index in [1.54, 1.807) is 0 Å². The minimum atomic E-state index is -9.81. The molecule has 0 radical (unpaired) electrons. The van der Waals surface area contributed by atoms with Gasteiger partial charge in [-0.3, -0.25) is 0 Å². The zero-order chi connectivity index (χ0) is 43.7. The van der Waals surface area contributed by atoms with E-state index in [1.807, 2.05) is 0 Å². The summed E-state index contributed by atoms with van der Waals surface area (Å²) in [5, 5.41) is 2.51. The number of quaternary nitrogens is 1. The summed E-state index contributed by atoms with van der Waals surface area (Å²) in [7, 11) is -4.19. The second kappa shape index (κ2) is 13.7. The monoisotopic (exact) mass is 870 g/mol. The molecule has 0 rings (SSSR count). The van der Waals surface area contributed by atoms with E-state index < -0.39 is 123 Å². The maximum atomic E-state index is 14.6. The zero-order valence-electron chi connectivity index (χ0n) is 25.4. The lowest BCUT2D eigenvalue weighted by molar-refractivity contribution is -0.870. The number of hydrogen-bond acceptors (Lipinski definition) is 4. The molecular weight excluding hydrogens is 851 g/mol. The average Bonchev–Trinajstić information content (AvgIpc) is 2.91. The Labute approximate surface area is 278 Å². The van der Waals surface area contributed by atoms with E-state index in [2.05, 4.69) is 0 Å². The van der Waals surface area contributed by atoms with Crippen LogP contribution in [-0.4, -0.2) is 135 Å². The van der Waals surface area contributed by atoms with Crippen molar-refractivity contribution in [3.63, 3.8) is 0 Å². The third-order valence-electron chi connectivity index (χ3n) is 6.74. The van der Waals surface area contributed by atoms with Crippen molar-refractivity contribution in [2.75, 3.05) is 40.8 Å². The molecule has 6 nitrogen and oxygen atoms in total. The van der Waals surface area contributed by atoms with E-state index in [-0.39, 0.29) is 4.48 Å². The Morgan fingerprint density at radius 3 is 1.00 bits per heavy atom. The molecule has 0 aromatic rings. The Kier molecular flexibility index (Phi) is 13.0. The smallest absolute Gasteiger partial charge is 0.460 e. The van der Waals surface area contributed by atoms with Gasteiger partial charge in [-0.15, -0.1) is 0 Å². The maximum Gasteiger partial charge on any atom is 0.460 e. The SMILES string of the molecule is C[N+](C)(C)CCCN(CCC(=O)[O-])S(=O)(=O)C(F)(F)C(F)(F)C(F)(F)C(F)(F)C(F)(F)C(F)(F)C(F)(F)C(F)(F)C(F)(F)C(F)(F)C(F)(F)C(F)(F)F.